The monoisotopic (exact) mass is 405 g/mol. The lowest BCUT2D eigenvalue weighted by Gasteiger charge is -2.11. The van der Waals surface area contributed by atoms with Crippen molar-refractivity contribution >= 4 is 22.5 Å². The molecule has 2 aromatic heterocycles. The van der Waals surface area contributed by atoms with E-state index in [1.165, 1.54) is 0 Å². The second-order valence-corrected chi connectivity index (χ2v) is 6.98. The minimum Gasteiger partial charge on any atom is -0.497 e. The molecule has 0 saturated carbocycles. The first-order chi connectivity index (χ1) is 14.2. The summed E-state index contributed by atoms with van der Waals surface area (Å²) in [5.41, 5.74) is 3.70. The third-order valence-corrected chi connectivity index (χ3v) is 5.15. The fourth-order valence-electron chi connectivity index (χ4n) is 3.24. The Bertz CT molecular complexity index is 1150. The molecular weight excluding hydrogens is 386 g/mol. The van der Waals surface area contributed by atoms with Crippen LogP contribution in [0.25, 0.3) is 22.3 Å². The van der Waals surface area contributed by atoms with Crippen LogP contribution in [-0.2, 0) is 12.8 Å². The molecule has 0 radical (unpaired) electrons. The van der Waals surface area contributed by atoms with Gasteiger partial charge in [-0.2, -0.15) is 0 Å². The first kappa shape index (κ1) is 19.2. The summed E-state index contributed by atoms with van der Waals surface area (Å²) in [6.07, 6.45) is 4.94. The summed E-state index contributed by atoms with van der Waals surface area (Å²) < 4.78 is 10.7. The molecule has 2 aromatic carbocycles. The van der Waals surface area contributed by atoms with E-state index in [1.807, 2.05) is 48.5 Å². The summed E-state index contributed by atoms with van der Waals surface area (Å²) in [6, 6.07) is 15.4. The van der Waals surface area contributed by atoms with Crippen molar-refractivity contribution in [2.75, 3.05) is 14.2 Å². The van der Waals surface area contributed by atoms with E-state index < -0.39 is 0 Å². The number of aromatic nitrogens is 3. The van der Waals surface area contributed by atoms with Crippen molar-refractivity contribution in [2.45, 2.75) is 12.8 Å². The van der Waals surface area contributed by atoms with Crippen LogP contribution >= 0.6 is 11.6 Å². The standard InChI is InChI=1S/C23H20ClN3O2/c1-28-17-6-8-20(24)15(12-17)5-9-21-19-13-18(29-2)7-10-22(19)27-23(26-21)16-4-3-11-25-14-16/h3-4,6-8,10-14H,5,9H2,1-2H3. The fraction of sp³-hybridized carbons (Fsp3) is 0.174. The van der Waals surface area contributed by atoms with Crippen molar-refractivity contribution in [3.63, 3.8) is 0 Å². The lowest BCUT2D eigenvalue weighted by Crippen LogP contribution is -2.02. The van der Waals surface area contributed by atoms with Gasteiger partial charge in [0.05, 0.1) is 25.4 Å². The molecular formula is C23H20ClN3O2. The summed E-state index contributed by atoms with van der Waals surface area (Å²) in [5.74, 6) is 2.22. The van der Waals surface area contributed by atoms with Gasteiger partial charge in [-0.15, -0.1) is 0 Å². The Morgan fingerprint density at radius 2 is 1.69 bits per heavy atom. The molecule has 0 fully saturated rings. The third-order valence-electron chi connectivity index (χ3n) is 4.79. The number of aryl methyl sites for hydroxylation is 2. The summed E-state index contributed by atoms with van der Waals surface area (Å²) in [4.78, 5) is 13.8. The van der Waals surface area contributed by atoms with Gasteiger partial charge in [0, 0.05) is 28.4 Å². The van der Waals surface area contributed by atoms with Gasteiger partial charge in [-0.3, -0.25) is 4.98 Å². The molecule has 4 rings (SSSR count). The number of methoxy groups -OCH3 is 2. The van der Waals surface area contributed by atoms with E-state index in [0.29, 0.717) is 17.3 Å². The molecule has 0 aliphatic carbocycles. The lowest BCUT2D eigenvalue weighted by atomic mass is 10.0. The zero-order chi connectivity index (χ0) is 20.2. The molecule has 0 aliphatic heterocycles. The molecule has 2 heterocycles. The zero-order valence-corrected chi connectivity index (χ0v) is 17.0. The third kappa shape index (κ3) is 4.15. The van der Waals surface area contributed by atoms with Gasteiger partial charge in [0.2, 0.25) is 0 Å². The summed E-state index contributed by atoms with van der Waals surface area (Å²) in [5, 5.41) is 1.69. The van der Waals surface area contributed by atoms with Crippen LogP contribution in [-0.4, -0.2) is 29.2 Å². The van der Waals surface area contributed by atoms with Crippen LogP contribution in [0.5, 0.6) is 11.5 Å². The van der Waals surface area contributed by atoms with E-state index in [2.05, 4.69) is 4.98 Å². The fourth-order valence-corrected chi connectivity index (χ4v) is 3.45. The van der Waals surface area contributed by atoms with Crippen LogP contribution in [0.3, 0.4) is 0 Å². The molecule has 146 valence electrons. The Balaban J connectivity index is 1.76. The van der Waals surface area contributed by atoms with Crippen molar-refractivity contribution in [3.05, 3.63) is 77.2 Å². The predicted molar refractivity (Wildman–Crippen MR) is 115 cm³/mol. The number of nitrogens with zero attached hydrogens (tertiary/aromatic N) is 3. The van der Waals surface area contributed by atoms with Crippen LogP contribution in [0.15, 0.2) is 60.9 Å². The molecule has 0 aliphatic rings. The first-order valence-corrected chi connectivity index (χ1v) is 9.63. The Morgan fingerprint density at radius 1 is 0.897 bits per heavy atom. The van der Waals surface area contributed by atoms with E-state index in [-0.39, 0.29) is 0 Å². The largest absolute Gasteiger partial charge is 0.497 e. The average molecular weight is 406 g/mol. The molecule has 0 N–H and O–H groups in total. The van der Waals surface area contributed by atoms with Gasteiger partial charge in [-0.25, -0.2) is 9.97 Å². The zero-order valence-electron chi connectivity index (χ0n) is 16.2. The van der Waals surface area contributed by atoms with Crippen LogP contribution < -0.4 is 9.47 Å². The number of hydrogen-bond donors (Lipinski definition) is 0. The van der Waals surface area contributed by atoms with Crippen molar-refractivity contribution in [2.24, 2.45) is 0 Å². The van der Waals surface area contributed by atoms with E-state index >= 15 is 0 Å². The van der Waals surface area contributed by atoms with Gasteiger partial charge in [0.25, 0.3) is 0 Å². The maximum atomic E-state index is 6.40. The van der Waals surface area contributed by atoms with Crippen molar-refractivity contribution in [1.82, 2.24) is 15.0 Å². The number of pyridine rings is 1. The average Bonchev–Trinajstić information content (AvgIpc) is 2.78. The predicted octanol–water partition coefficient (Wildman–Crippen LogP) is 5.15. The van der Waals surface area contributed by atoms with Gasteiger partial charge >= 0.3 is 0 Å². The quantitative estimate of drug-likeness (QED) is 0.444. The molecule has 0 atom stereocenters. The molecule has 0 saturated heterocycles. The molecule has 6 heteroatoms. The van der Waals surface area contributed by atoms with Crippen LogP contribution in [0, 0.1) is 0 Å². The molecule has 0 amide bonds. The van der Waals surface area contributed by atoms with Crippen LogP contribution in [0.1, 0.15) is 11.3 Å². The molecule has 0 spiro atoms. The van der Waals surface area contributed by atoms with Gasteiger partial charge < -0.3 is 9.47 Å². The van der Waals surface area contributed by atoms with Crippen molar-refractivity contribution in [1.29, 1.82) is 0 Å². The second kappa shape index (κ2) is 8.45. The Labute approximate surface area is 174 Å². The summed E-state index contributed by atoms with van der Waals surface area (Å²) in [7, 11) is 3.30. The summed E-state index contributed by atoms with van der Waals surface area (Å²) in [6.45, 7) is 0. The highest BCUT2D eigenvalue weighted by atomic mass is 35.5. The van der Waals surface area contributed by atoms with Gasteiger partial charge in [-0.05, 0) is 66.9 Å². The number of rotatable bonds is 6. The van der Waals surface area contributed by atoms with Gasteiger partial charge in [0.1, 0.15) is 11.5 Å². The number of fused-ring (bicyclic) bond motifs is 1. The minimum atomic E-state index is 0.655. The maximum Gasteiger partial charge on any atom is 0.161 e. The molecule has 0 bridgehead atoms. The normalized spacial score (nSPS) is 10.9. The Morgan fingerprint density at radius 3 is 2.45 bits per heavy atom. The highest BCUT2D eigenvalue weighted by molar-refractivity contribution is 6.31. The van der Waals surface area contributed by atoms with E-state index in [9.17, 15) is 0 Å². The van der Waals surface area contributed by atoms with E-state index in [0.717, 1.165) is 45.6 Å². The number of ether oxygens (including phenoxy) is 2. The molecule has 29 heavy (non-hydrogen) atoms. The van der Waals surface area contributed by atoms with Gasteiger partial charge in [0.15, 0.2) is 5.82 Å². The Kier molecular flexibility index (Phi) is 5.58. The SMILES string of the molecule is COc1ccc(Cl)c(CCc2nc(-c3cccnc3)nc3ccc(OC)cc23)c1. The summed E-state index contributed by atoms with van der Waals surface area (Å²) >= 11 is 6.40. The topological polar surface area (TPSA) is 57.1 Å². The highest BCUT2D eigenvalue weighted by Crippen LogP contribution is 2.28. The number of benzene rings is 2. The smallest absolute Gasteiger partial charge is 0.161 e. The van der Waals surface area contributed by atoms with Gasteiger partial charge in [-0.1, -0.05) is 11.6 Å². The van der Waals surface area contributed by atoms with E-state index in [1.54, 1.807) is 26.6 Å². The van der Waals surface area contributed by atoms with Crippen molar-refractivity contribution in [3.8, 4) is 22.9 Å². The second-order valence-electron chi connectivity index (χ2n) is 6.58. The lowest BCUT2D eigenvalue weighted by molar-refractivity contribution is 0.414. The van der Waals surface area contributed by atoms with Crippen LogP contribution in [0.2, 0.25) is 5.02 Å². The maximum absolute atomic E-state index is 6.40. The minimum absolute atomic E-state index is 0.655. The number of halogens is 1. The molecule has 0 unspecified atom stereocenters. The van der Waals surface area contributed by atoms with Crippen LogP contribution in [0.4, 0.5) is 0 Å². The number of hydrogen-bond acceptors (Lipinski definition) is 5. The highest BCUT2D eigenvalue weighted by Gasteiger charge is 2.12. The molecule has 5 nitrogen and oxygen atoms in total. The van der Waals surface area contributed by atoms with E-state index in [4.69, 9.17) is 31.0 Å². The first-order valence-electron chi connectivity index (χ1n) is 9.25. The molecule has 4 aromatic rings. The van der Waals surface area contributed by atoms with Crippen molar-refractivity contribution < 1.29 is 9.47 Å². The Hall–Kier alpha value is -3.18.